The summed E-state index contributed by atoms with van der Waals surface area (Å²) in [7, 11) is 1.28. The zero-order chi connectivity index (χ0) is 18.9. The number of pyridine rings is 1. The Balaban J connectivity index is 2.08. The zero-order valence-corrected chi connectivity index (χ0v) is 14.0. The average Bonchev–Trinajstić information content (AvgIpc) is 2.60. The van der Waals surface area contributed by atoms with Gasteiger partial charge in [-0.15, -0.1) is 0 Å². The van der Waals surface area contributed by atoms with Gasteiger partial charge in [0.25, 0.3) is 0 Å². The molecule has 0 unspecified atom stereocenters. The van der Waals surface area contributed by atoms with Crippen molar-refractivity contribution in [1.82, 2.24) is 4.98 Å². The number of nitrogens with zero attached hydrogens (tertiary/aromatic N) is 1. The number of methoxy groups -OCH3 is 1. The van der Waals surface area contributed by atoms with Crippen molar-refractivity contribution in [3.05, 3.63) is 65.4 Å². The summed E-state index contributed by atoms with van der Waals surface area (Å²) in [4.78, 5) is 16.1. The third-order valence-corrected chi connectivity index (χ3v) is 3.83. The van der Waals surface area contributed by atoms with Gasteiger partial charge >= 0.3 is 12.1 Å². The molecule has 134 valence electrons. The molecule has 0 saturated heterocycles. The Morgan fingerprint density at radius 3 is 2.58 bits per heavy atom. The smallest absolute Gasteiger partial charge is 0.416 e. The predicted octanol–water partition coefficient (Wildman–Crippen LogP) is 5.09. The van der Waals surface area contributed by atoms with Gasteiger partial charge in [-0.1, -0.05) is 6.07 Å². The number of esters is 1. The van der Waals surface area contributed by atoms with Gasteiger partial charge in [-0.05, 0) is 49.4 Å². The van der Waals surface area contributed by atoms with Crippen molar-refractivity contribution >= 4 is 28.2 Å². The van der Waals surface area contributed by atoms with Crippen molar-refractivity contribution < 1.29 is 22.7 Å². The zero-order valence-electron chi connectivity index (χ0n) is 14.0. The summed E-state index contributed by atoms with van der Waals surface area (Å²) in [6.45, 7) is 1.78. The molecule has 7 heteroatoms. The second-order valence-electron chi connectivity index (χ2n) is 5.74. The highest BCUT2D eigenvalue weighted by molar-refractivity contribution is 5.99. The van der Waals surface area contributed by atoms with E-state index in [0.29, 0.717) is 27.8 Å². The van der Waals surface area contributed by atoms with Gasteiger partial charge in [0.05, 0.1) is 23.8 Å². The maximum atomic E-state index is 12.9. The molecule has 0 bridgehead atoms. The van der Waals surface area contributed by atoms with Crippen LogP contribution in [0.15, 0.2) is 48.5 Å². The lowest BCUT2D eigenvalue weighted by Crippen LogP contribution is -2.05. The van der Waals surface area contributed by atoms with Crippen LogP contribution in [0.5, 0.6) is 0 Å². The fourth-order valence-corrected chi connectivity index (χ4v) is 2.64. The lowest BCUT2D eigenvalue weighted by molar-refractivity contribution is -0.137. The topological polar surface area (TPSA) is 51.2 Å². The second-order valence-corrected chi connectivity index (χ2v) is 5.74. The molecular formula is C19H15F3N2O2. The molecule has 0 saturated carbocycles. The van der Waals surface area contributed by atoms with Crippen molar-refractivity contribution in [2.75, 3.05) is 12.4 Å². The Morgan fingerprint density at radius 2 is 1.88 bits per heavy atom. The molecule has 3 aromatic rings. The van der Waals surface area contributed by atoms with Gasteiger partial charge in [-0.3, -0.25) is 4.98 Å². The van der Waals surface area contributed by atoms with E-state index >= 15 is 0 Å². The van der Waals surface area contributed by atoms with Crippen LogP contribution in [0.3, 0.4) is 0 Å². The van der Waals surface area contributed by atoms with Crippen LogP contribution in [0.1, 0.15) is 21.6 Å². The first kappa shape index (κ1) is 17.7. The van der Waals surface area contributed by atoms with Crippen LogP contribution in [-0.2, 0) is 10.9 Å². The fraction of sp³-hybridized carbons (Fsp3) is 0.158. The number of anilines is 2. The number of fused-ring (bicyclic) bond motifs is 1. The number of hydrogen-bond donors (Lipinski definition) is 1. The number of ether oxygens (including phenoxy) is 1. The van der Waals surface area contributed by atoms with E-state index in [-0.39, 0.29) is 5.69 Å². The van der Waals surface area contributed by atoms with Crippen LogP contribution >= 0.6 is 0 Å². The van der Waals surface area contributed by atoms with Gasteiger partial charge in [0.15, 0.2) is 0 Å². The minimum Gasteiger partial charge on any atom is -0.465 e. The number of halogens is 3. The van der Waals surface area contributed by atoms with Gasteiger partial charge in [0.1, 0.15) is 0 Å². The number of rotatable bonds is 3. The number of aromatic nitrogens is 1. The van der Waals surface area contributed by atoms with E-state index in [1.807, 2.05) is 0 Å². The monoisotopic (exact) mass is 360 g/mol. The van der Waals surface area contributed by atoms with Crippen LogP contribution in [0.25, 0.3) is 10.9 Å². The van der Waals surface area contributed by atoms with Crippen molar-refractivity contribution in [3.63, 3.8) is 0 Å². The Morgan fingerprint density at radius 1 is 1.12 bits per heavy atom. The summed E-state index contributed by atoms with van der Waals surface area (Å²) in [6, 6.07) is 11.5. The summed E-state index contributed by atoms with van der Waals surface area (Å²) < 4.78 is 43.5. The first-order chi connectivity index (χ1) is 12.3. The van der Waals surface area contributed by atoms with Crippen molar-refractivity contribution in [3.8, 4) is 0 Å². The molecule has 1 aromatic heterocycles. The number of aryl methyl sites for hydroxylation is 1. The van der Waals surface area contributed by atoms with Gasteiger partial charge in [-0.2, -0.15) is 13.2 Å². The number of alkyl halides is 3. The number of carbonyl (C=O) groups is 1. The molecular weight excluding hydrogens is 345 g/mol. The molecule has 0 fully saturated rings. The van der Waals surface area contributed by atoms with Crippen molar-refractivity contribution in [1.29, 1.82) is 0 Å². The van der Waals surface area contributed by atoms with E-state index in [4.69, 9.17) is 4.74 Å². The van der Waals surface area contributed by atoms with E-state index in [1.165, 1.54) is 13.2 Å². The number of hydrogen-bond acceptors (Lipinski definition) is 4. The third kappa shape index (κ3) is 3.61. The van der Waals surface area contributed by atoms with Crippen molar-refractivity contribution in [2.24, 2.45) is 0 Å². The summed E-state index contributed by atoms with van der Waals surface area (Å²) in [6.07, 6.45) is -4.42. The first-order valence-corrected chi connectivity index (χ1v) is 7.72. The molecule has 4 nitrogen and oxygen atoms in total. The number of benzene rings is 2. The molecule has 0 amide bonds. The Bertz CT molecular complexity index is 984. The number of carbonyl (C=O) groups excluding carboxylic acids is 1. The summed E-state index contributed by atoms with van der Waals surface area (Å²) in [5, 5.41) is 3.60. The summed E-state index contributed by atoms with van der Waals surface area (Å²) in [5.41, 5.74) is 1.74. The average molecular weight is 360 g/mol. The molecule has 0 aliphatic rings. The van der Waals surface area contributed by atoms with Gasteiger partial charge in [0.2, 0.25) is 0 Å². The Hall–Kier alpha value is -3.09. The molecule has 0 radical (unpaired) electrons. The lowest BCUT2D eigenvalue weighted by atomic mass is 10.1. The maximum Gasteiger partial charge on any atom is 0.416 e. The van der Waals surface area contributed by atoms with Gasteiger partial charge in [-0.25, -0.2) is 4.79 Å². The molecule has 1 N–H and O–H groups in total. The van der Waals surface area contributed by atoms with E-state index in [0.717, 1.165) is 12.1 Å². The SMILES string of the molecule is COC(=O)c1ccc2nc(C)cc(Nc3cccc(C(F)(F)F)c3)c2c1. The second kappa shape index (κ2) is 6.67. The van der Waals surface area contributed by atoms with Crippen LogP contribution in [-0.4, -0.2) is 18.1 Å². The fourth-order valence-electron chi connectivity index (χ4n) is 2.64. The van der Waals surface area contributed by atoms with E-state index < -0.39 is 17.7 Å². The van der Waals surface area contributed by atoms with Gasteiger partial charge in [0, 0.05) is 22.5 Å². The van der Waals surface area contributed by atoms with Crippen LogP contribution in [0, 0.1) is 6.92 Å². The lowest BCUT2D eigenvalue weighted by Gasteiger charge is -2.13. The van der Waals surface area contributed by atoms with Crippen LogP contribution in [0.2, 0.25) is 0 Å². The molecule has 0 atom stereocenters. The predicted molar refractivity (Wildman–Crippen MR) is 92.5 cm³/mol. The normalized spacial score (nSPS) is 11.4. The summed E-state index contributed by atoms with van der Waals surface area (Å²) in [5.74, 6) is -0.502. The largest absolute Gasteiger partial charge is 0.465 e. The molecule has 0 aliphatic heterocycles. The maximum absolute atomic E-state index is 12.9. The highest BCUT2D eigenvalue weighted by atomic mass is 19.4. The molecule has 3 rings (SSSR count). The first-order valence-electron chi connectivity index (χ1n) is 7.72. The Kier molecular flexibility index (Phi) is 4.54. The van der Waals surface area contributed by atoms with E-state index in [9.17, 15) is 18.0 Å². The van der Waals surface area contributed by atoms with Crippen LogP contribution < -0.4 is 5.32 Å². The summed E-state index contributed by atoms with van der Waals surface area (Å²) >= 11 is 0. The molecule has 2 aromatic carbocycles. The van der Waals surface area contributed by atoms with Crippen molar-refractivity contribution in [2.45, 2.75) is 13.1 Å². The third-order valence-electron chi connectivity index (χ3n) is 3.83. The molecule has 1 heterocycles. The minimum atomic E-state index is -4.42. The minimum absolute atomic E-state index is 0.287. The number of nitrogens with one attached hydrogen (secondary N) is 1. The highest BCUT2D eigenvalue weighted by Crippen LogP contribution is 2.33. The van der Waals surface area contributed by atoms with E-state index in [1.54, 1.807) is 37.3 Å². The molecule has 0 spiro atoms. The van der Waals surface area contributed by atoms with Crippen LogP contribution in [0.4, 0.5) is 24.5 Å². The quantitative estimate of drug-likeness (QED) is 0.661. The molecule has 0 aliphatic carbocycles. The standard InChI is InChI=1S/C19H15F3N2O2/c1-11-8-17(24-14-5-3-4-13(10-14)19(20,21)22)15-9-12(18(25)26-2)6-7-16(15)23-11/h3-10H,1-2H3,(H,23,24). The van der Waals surface area contributed by atoms with E-state index in [2.05, 4.69) is 10.3 Å². The molecule has 26 heavy (non-hydrogen) atoms. The Labute approximate surface area is 147 Å². The highest BCUT2D eigenvalue weighted by Gasteiger charge is 2.30. The van der Waals surface area contributed by atoms with Gasteiger partial charge < -0.3 is 10.1 Å².